The van der Waals surface area contributed by atoms with E-state index in [0.717, 1.165) is 30.2 Å². The predicted molar refractivity (Wildman–Crippen MR) is 72.2 cm³/mol. The van der Waals surface area contributed by atoms with Gasteiger partial charge >= 0.3 is 0 Å². The van der Waals surface area contributed by atoms with Gasteiger partial charge in [0.1, 0.15) is 17.3 Å². The first-order valence-electron chi connectivity index (χ1n) is 6.08. The van der Waals surface area contributed by atoms with Gasteiger partial charge in [-0.05, 0) is 36.6 Å². The van der Waals surface area contributed by atoms with Crippen molar-refractivity contribution in [2.24, 2.45) is 0 Å². The quantitative estimate of drug-likeness (QED) is 0.902. The van der Waals surface area contributed by atoms with Crippen LogP contribution in [0, 0.1) is 5.82 Å². The second-order valence-corrected chi connectivity index (χ2v) is 5.04. The third kappa shape index (κ3) is 2.66. The number of ether oxygens (including phenoxy) is 1. The lowest BCUT2D eigenvalue weighted by molar-refractivity contribution is 0.303. The van der Waals surface area contributed by atoms with Crippen molar-refractivity contribution in [1.29, 1.82) is 0 Å². The SMILES string of the molecule is Oc1cc(F)c(Cl)cc1-c1cccc(OC2CC2)c1. The number of rotatable bonds is 3. The van der Waals surface area contributed by atoms with Gasteiger partial charge in [-0.15, -0.1) is 0 Å². The molecule has 1 aliphatic carbocycles. The van der Waals surface area contributed by atoms with Crippen LogP contribution in [0.15, 0.2) is 36.4 Å². The van der Waals surface area contributed by atoms with E-state index in [1.807, 2.05) is 24.3 Å². The summed E-state index contributed by atoms with van der Waals surface area (Å²) in [4.78, 5) is 0. The highest BCUT2D eigenvalue weighted by Gasteiger charge is 2.23. The van der Waals surface area contributed by atoms with E-state index < -0.39 is 5.82 Å². The van der Waals surface area contributed by atoms with Gasteiger partial charge in [-0.1, -0.05) is 23.7 Å². The van der Waals surface area contributed by atoms with Gasteiger partial charge in [0.15, 0.2) is 0 Å². The van der Waals surface area contributed by atoms with E-state index in [9.17, 15) is 9.50 Å². The lowest BCUT2D eigenvalue weighted by Gasteiger charge is -2.09. The molecular formula is C15H12ClFO2. The highest BCUT2D eigenvalue weighted by Crippen LogP contribution is 2.36. The van der Waals surface area contributed by atoms with Crippen molar-refractivity contribution in [3.05, 3.63) is 47.2 Å². The second-order valence-electron chi connectivity index (χ2n) is 4.63. The molecule has 0 bridgehead atoms. The normalized spacial score (nSPS) is 14.4. The number of aromatic hydroxyl groups is 1. The standard InChI is InChI=1S/C15H12ClFO2/c16-13-7-12(15(18)8-14(13)17)9-2-1-3-11(6-9)19-10-4-5-10/h1-3,6-8,10,18H,4-5H2. The van der Waals surface area contributed by atoms with Gasteiger partial charge in [0.25, 0.3) is 0 Å². The molecule has 2 aromatic rings. The van der Waals surface area contributed by atoms with Crippen LogP contribution in [0.1, 0.15) is 12.8 Å². The number of phenolic OH excluding ortho intramolecular Hbond substituents is 1. The molecule has 0 atom stereocenters. The van der Waals surface area contributed by atoms with Gasteiger partial charge in [-0.25, -0.2) is 4.39 Å². The predicted octanol–water partition coefficient (Wildman–Crippen LogP) is 4.39. The Morgan fingerprint density at radius 3 is 2.74 bits per heavy atom. The first kappa shape index (κ1) is 12.3. The van der Waals surface area contributed by atoms with Crippen LogP contribution < -0.4 is 4.74 Å². The van der Waals surface area contributed by atoms with Crippen molar-refractivity contribution in [1.82, 2.24) is 0 Å². The number of phenols is 1. The smallest absolute Gasteiger partial charge is 0.145 e. The number of halogens is 2. The second kappa shape index (κ2) is 4.74. The average Bonchev–Trinajstić information content (AvgIpc) is 3.18. The molecule has 4 heteroatoms. The molecule has 0 radical (unpaired) electrons. The van der Waals surface area contributed by atoms with Crippen molar-refractivity contribution in [2.75, 3.05) is 0 Å². The van der Waals surface area contributed by atoms with E-state index in [1.165, 1.54) is 6.07 Å². The van der Waals surface area contributed by atoms with Crippen molar-refractivity contribution >= 4 is 11.6 Å². The molecule has 0 spiro atoms. The summed E-state index contributed by atoms with van der Waals surface area (Å²) in [7, 11) is 0. The van der Waals surface area contributed by atoms with Crippen LogP contribution in [-0.2, 0) is 0 Å². The summed E-state index contributed by atoms with van der Waals surface area (Å²) in [6, 6.07) is 9.78. The fourth-order valence-electron chi connectivity index (χ4n) is 1.88. The summed E-state index contributed by atoms with van der Waals surface area (Å²) in [5, 5.41) is 9.80. The highest BCUT2D eigenvalue weighted by molar-refractivity contribution is 6.31. The molecule has 1 N–H and O–H groups in total. The molecule has 1 aliphatic rings. The minimum Gasteiger partial charge on any atom is -0.507 e. The van der Waals surface area contributed by atoms with Gasteiger partial charge in [0, 0.05) is 11.6 Å². The Morgan fingerprint density at radius 1 is 1.21 bits per heavy atom. The zero-order valence-corrected chi connectivity index (χ0v) is 10.8. The van der Waals surface area contributed by atoms with Crippen molar-refractivity contribution in [3.63, 3.8) is 0 Å². The molecule has 0 aliphatic heterocycles. The molecular weight excluding hydrogens is 267 g/mol. The monoisotopic (exact) mass is 278 g/mol. The summed E-state index contributed by atoms with van der Waals surface area (Å²) < 4.78 is 18.9. The van der Waals surface area contributed by atoms with Crippen LogP contribution in [0.4, 0.5) is 4.39 Å². The van der Waals surface area contributed by atoms with Crippen LogP contribution in [0.3, 0.4) is 0 Å². The molecule has 1 fully saturated rings. The Balaban J connectivity index is 1.98. The molecule has 0 saturated heterocycles. The molecule has 2 aromatic carbocycles. The lowest BCUT2D eigenvalue weighted by atomic mass is 10.0. The Kier molecular flexibility index (Phi) is 3.07. The Bertz CT molecular complexity index is 624. The maximum absolute atomic E-state index is 13.2. The number of benzene rings is 2. The van der Waals surface area contributed by atoms with E-state index in [1.54, 1.807) is 0 Å². The zero-order chi connectivity index (χ0) is 13.4. The van der Waals surface area contributed by atoms with Crippen LogP contribution >= 0.6 is 11.6 Å². The third-order valence-corrected chi connectivity index (χ3v) is 3.30. The summed E-state index contributed by atoms with van der Waals surface area (Å²) >= 11 is 5.75. The maximum Gasteiger partial charge on any atom is 0.145 e. The fraction of sp³-hybridized carbons (Fsp3) is 0.200. The Morgan fingerprint density at radius 2 is 2.00 bits per heavy atom. The van der Waals surface area contributed by atoms with E-state index in [4.69, 9.17) is 16.3 Å². The highest BCUT2D eigenvalue weighted by atomic mass is 35.5. The van der Waals surface area contributed by atoms with Crippen LogP contribution in [-0.4, -0.2) is 11.2 Å². The van der Waals surface area contributed by atoms with E-state index >= 15 is 0 Å². The molecule has 3 rings (SSSR count). The zero-order valence-electron chi connectivity index (χ0n) is 10.1. The Hall–Kier alpha value is -1.74. The molecule has 2 nitrogen and oxygen atoms in total. The maximum atomic E-state index is 13.2. The van der Waals surface area contributed by atoms with Gasteiger partial charge in [-0.3, -0.25) is 0 Å². The minimum atomic E-state index is -0.631. The summed E-state index contributed by atoms with van der Waals surface area (Å²) in [6.45, 7) is 0. The lowest BCUT2D eigenvalue weighted by Crippen LogP contribution is -1.95. The number of hydrogen-bond acceptors (Lipinski definition) is 2. The first-order chi connectivity index (χ1) is 9.13. The molecule has 0 amide bonds. The van der Waals surface area contributed by atoms with E-state index in [2.05, 4.69) is 0 Å². The van der Waals surface area contributed by atoms with Gasteiger partial charge in [-0.2, -0.15) is 0 Å². The third-order valence-electron chi connectivity index (χ3n) is 3.01. The Labute approximate surface area is 115 Å². The molecule has 19 heavy (non-hydrogen) atoms. The molecule has 0 aromatic heterocycles. The van der Waals surface area contributed by atoms with E-state index in [0.29, 0.717) is 11.7 Å². The van der Waals surface area contributed by atoms with Crippen molar-refractivity contribution in [2.45, 2.75) is 18.9 Å². The summed E-state index contributed by atoms with van der Waals surface area (Å²) in [5.41, 5.74) is 1.24. The molecule has 98 valence electrons. The fourth-order valence-corrected chi connectivity index (χ4v) is 2.05. The largest absolute Gasteiger partial charge is 0.507 e. The van der Waals surface area contributed by atoms with Gasteiger partial charge < -0.3 is 9.84 Å². The summed E-state index contributed by atoms with van der Waals surface area (Å²) in [5.74, 6) is -0.0152. The number of hydrogen-bond donors (Lipinski definition) is 1. The molecule has 0 heterocycles. The van der Waals surface area contributed by atoms with Crippen molar-refractivity contribution in [3.8, 4) is 22.6 Å². The van der Waals surface area contributed by atoms with Crippen LogP contribution in [0.5, 0.6) is 11.5 Å². The van der Waals surface area contributed by atoms with Gasteiger partial charge in [0.2, 0.25) is 0 Å². The topological polar surface area (TPSA) is 29.5 Å². The first-order valence-corrected chi connectivity index (χ1v) is 6.46. The minimum absolute atomic E-state index is 0.0127. The average molecular weight is 279 g/mol. The summed E-state index contributed by atoms with van der Waals surface area (Å²) in [6.07, 6.45) is 2.47. The van der Waals surface area contributed by atoms with Crippen LogP contribution in [0.25, 0.3) is 11.1 Å². The van der Waals surface area contributed by atoms with Gasteiger partial charge in [0.05, 0.1) is 11.1 Å². The van der Waals surface area contributed by atoms with Crippen LogP contribution in [0.2, 0.25) is 5.02 Å². The molecule has 0 unspecified atom stereocenters. The molecule has 1 saturated carbocycles. The van der Waals surface area contributed by atoms with E-state index in [-0.39, 0.29) is 10.8 Å². The van der Waals surface area contributed by atoms with Crippen molar-refractivity contribution < 1.29 is 14.2 Å².